The van der Waals surface area contributed by atoms with Crippen molar-refractivity contribution in [1.82, 2.24) is 4.98 Å². The van der Waals surface area contributed by atoms with Crippen LogP contribution in [0.15, 0.2) is 12.1 Å². The van der Waals surface area contributed by atoms with Gasteiger partial charge >= 0.3 is 5.97 Å². The summed E-state index contributed by atoms with van der Waals surface area (Å²) in [6, 6.07) is 3.14. The molecule has 0 atom stereocenters. The van der Waals surface area contributed by atoms with Crippen LogP contribution in [0.5, 0.6) is 0 Å². The minimum atomic E-state index is -0.498. The van der Waals surface area contributed by atoms with Crippen LogP contribution in [0.25, 0.3) is 0 Å². The number of nitrogens with zero attached hydrogens (tertiary/aromatic N) is 1. The fourth-order valence-electron chi connectivity index (χ4n) is 1.51. The third-order valence-corrected chi connectivity index (χ3v) is 2.28. The van der Waals surface area contributed by atoms with Crippen LogP contribution in [0.3, 0.4) is 0 Å². The molecule has 100 valence electrons. The molecule has 1 rings (SSSR count). The number of anilines is 2. The number of nitrogens with two attached hydrogens (primary N) is 1. The average molecular weight is 253 g/mol. The molecule has 0 aromatic carbocycles. The van der Waals surface area contributed by atoms with Gasteiger partial charge in [0, 0.05) is 7.11 Å². The molecular weight excluding hydrogens is 234 g/mol. The van der Waals surface area contributed by atoms with Crippen molar-refractivity contribution in [2.75, 3.05) is 31.9 Å². The van der Waals surface area contributed by atoms with Gasteiger partial charge in [0.05, 0.1) is 24.9 Å². The van der Waals surface area contributed by atoms with Crippen molar-refractivity contribution in [3.05, 3.63) is 17.8 Å². The van der Waals surface area contributed by atoms with Crippen LogP contribution in [0.4, 0.5) is 11.5 Å². The number of aromatic nitrogens is 1. The number of ether oxygens (including phenoxy) is 2. The predicted molar refractivity (Wildman–Crippen MR) is 69.6 cm³/mol. The van der Waals surface area contributed by atoms with Crippen molar-refractivity contribution >= 4 is 17.5 Å². The van der Waals surface area contributed by atoms with Gasteiger partial charge in [-0.1, -0.05) is 0 Å². The van der Waals surface area contributed by atoms with Crippen molar-refractivity contribution in [2.24, 2.45) is 0 Å². The van der Waals surface area contributed by atoms with E-state index in [2.05, 4.69) is 15.0 Å². The number of nitrogen functional groups attached to an aromatic ring is 1. The fourth-order valence-corrected chi connectivity index (χ4v) is 1.51. The highest BCUT2D eigenvalue weighted by Gasteiger charge is 2.20. The van der Waals surface area contributed by atoms with Crippen LogP contribution < -0.4 is 11.1 Å². The number of pyridine rings is 1. The first-order valence-corrected chi connectivity index (χ1v) is 5.51. The zero-order chi connectivity index (χ0) is 13.8. The Hall–Kier alpha value is -1.82. The number of hydrogen-bond acceptors (Lipinski definition) is 6. The van der Waals surface area contributed by atoms with Gasteiger partial charge in [0.1, 0.15) is 0 Å². The lowest BCUT2D eigenvalue weighted by Gasteiger charge is -2.26. The fraction of sp³-hybridized carbons (Fsp3) is 0.500. The Labute approximate surface area is 106 Å². The Balaban J connectivity index is 2.97. The number of carbonyl (C=O) groups is 1. The lowest BCUT2D eigenvalue weighted by Crippen LogP contribution is -2.36. The van der Waals surface area contributed by atoms with Crippen LogP contribution in [0.2, 0.25) is 0 Å². The Bertz CT molecular complexity index is 433. The summed E-state index contributed by atoms with van der Waals surface area (Å²) in [5.41, 5.74) is 6.15. The maximum absolute atomic E-state index is 11.4. The Morgan fingerprint density at radius 1 is 1.44 bits per heavy atom. The van der Waals surface area contributed by atoms with Crippen LogP contribution in [-0.4, -0.2) is 37.3 Å². The van der Waals surface area contributed by atoms with Crippen molar-refractivity contribution in [3.63, 3.8) is 0 Å². The molecule has 1 aromatic heterocycles. The number of nitrogens with one attached hydrogen (secondary N) is 1. The van der Waals surface area contributed by atoms with Crippen molar-refractivity contribution in [2.45, 2.75) is 19.4 Å². The second-order valence-corrected chi connectivity index (χ2v) is 4.57. The van der Waals surface area contributed by atoms with E-state index in [1.54, 1.807) is 13.2 Å². The molecule has 0 saturated heterocycles. The van der Waals surface area contributed by atoms with Crippen LogP contribution in [-0.2, 0) is 9.47 Å². The predicted octanol–water partition coefficient (Wildman–Crippen LogP) is 1.29. The van der Waals surface area contributed by atoms with Gasteiger partial charge in [-0.05, 0) is 26.0 Å². The number of methoxy groups -OCH3 is 2. The maximum atomic E-state index is 11.4. The van der Waals surface area contributed by atoms with Crippen molar-refractivity contribution in [1.29, 1.82) is 0 Å². The third-order valence-electron chi connectivity index (χ3n) is 2.28. The van der Waals surface area contributed by atoms with Crippen LogP contribution >= 0.6 is 0 Å². The zero-order valence-corrected chi connectivity index (χ0v) is 11.1. The Morgan fingerprint density at radius 3 is 2.67 bits per heavy atom. The maximum Gasteiger partial charge on any atom is 0.356 e. The molecule has 6 heteroatoms. The molecule has 6 nitrogen and oxygen atoms in total. The van der Waals surface area contributed by atoms with E-state index in [-0.39, 0.29) is 11.2 Å². The van der Waals surface area contributed by atoms with E-state index in [4.69, 9.17) is 10.5 Å². The molecule has 0 aliphatic rings. The molecule has 0 radical (unpaired) electrons. The Morgan fingerprint density at radius 2 is 2.11 bits per heavy atom. The molecule has 0 bridgehead atoms. The Kier molecular flexibility index (Phi) is 4.49. The summed E-state index contributed by atoms with van der Waals surface area (Å²) in [7, 11) is 2.92. The molecule has 1 aromatic rings. The molecule has 0 unspecified atom stereocenters. The summed E-state index contributed by atoms with van der Waals surface area (Å²) in [6.07, 6.45) is 0. The van der Waals surface area contributed by atoms with Crippen molar-refractivity contribution in [3.8, 4) is 0 Å². The quantitative estimate of drug-likeness (QED) is 0.769. The van der Waals surface area contributed by atoms with Crippen LogP contribution in [0.1, 0.15) is 24.3 Å². The summed E-state index contributed by atoms with van der Waals surface area (Å²) in [5, 5.41) is 3.14. The minimum Gasteiger partial charge on any atom is -0.464 e. The van der Waals surface area contributed by atoms with E-state index in [1.807, 2.05) is 13.8 Å². The van der Waals surface area contributed by atoms with Gasteiger partial charge in [-0.3, -0.25) is 0 Å². The monoisotopic (exact) mass is 253 g/mol. The largest absolute Gasteiger partial charge is 0.464 e. The standard InChI is InChI=1S/C12H19N3O3/c1-12(2,7-17-3)15-10-8(13)5-6-9(14-10)11(16)18-4/h5-6H,7,13H2,1-4H3,(H,14,15). The highest BCUT2D eigenvalue weighted by molar-refractivity contribution is 5.88. The van der Waals surface area contributed by atoms with Gasteiger partial charge in [-0.15, -0.1) is 0 Å². The molecule has 18 heavy (non-hydrogen) atoms. The summed E-state index contributed by atoms with van der Waals surface area (Å²) in [5.74, 6) is -0.0532. The summed E-state index contributed by atoms with van der Waals surface area (Å²) in [4.78, 5) is 15.5. The van der Waals surface area contributed by atoms with E-state index < -0.39 is 5.97 Å². The number of esters is 1. The molecule has 3 N–H and O–H groups in total. The van der Waals surface area contributed by atoms with Gasteiger partial charge < -0.3 is 20.5 Å². The number of carbonyl (C=O) groups excluding carboxylic acids is 1. The second-order valence-electron chi connectivity index (χ2n) is 4.57. The number of rotatable bonds is 5. The van der Waals surface area contributed by atoms with E-state index in [0.717, 1.165) is 0 Å². The van der Waals surface area contributed by atoms with Gasteiger partial charge in [-0.25, -0.2) is 9.78 Å². The third kappa shape index (κ3) is 3.59. The van der Waals surface area contributed by atoms with E-state index in [1.165, 1.54) is 13.2 Å². The topological polar surface area (TPSA) is 86.5 Å². The number of hydrogen-bond donors (Lipinski definition) is 2. The zero-order valence-electron chi connectivity index (χ0n) is 11.1. The second kappa shape index (κ2) is 5.68. The van der Waals surface area contributed by atoms with E-state index >= 15 is 0 Å². The van der Waals surface area contributed by atoms with Gasteiger partial charge in [0.15, 0.2) is 11.5 Å². The van der Waals surface area contributed by atoms with Crippen molar-refractivity contribution < 1.29 is 14.3 Å². The average Bonchev–Trinajstić information content (AvgIpc) is 2.30. The summed E-state index contributed by atoms with van der Waals surface area (Å²) >= 11 is 0. The first kappa shape index (κ1) is 14.2. The van der Waals surface area contributed by atoms with E-state index in [0.29, 0.717) is 18.1 Å². The molecule has 0 fully saturated rings. The summed E-state index contributed by atoms with van der Waals surface area (Å²) in [6.45, 7) is 4.38. The SMILES string of the molecule is COCC(C)(C)Nc1nc(C(=O)OC)ccc1N. The molecule has 0 aliphatic carbocycles. The molecular formula is C12H19N3O3. The van der Waals surface area contributed by atoms with Gasteiger partial charge in [-0.2, -0.15) is 0 Å². The molecule has 0 saturated carbocycles. The first-order chi connectivity index (χ1) is 8.39. The van der Waals surface area contributed by atoms with Gasteiger partial charge in [0.2, 0.25) is 0 Å². The molecule has 1 heterocycles. The first-order valence-electron chi connectivity index (χ1n) is 5.51. The molecule has 0 spiro atoms. The minimum absolute atomic E-state index is 0.211. The lowest BCUT2D eigenvalue weighted by molar-refractivity contribution is 0.0594. The van der Waals surface area contributed by atoms with E-state index in [9.17, 15) is 4.79 Å². The lowest BCUT2D eigenvalue weighted by atomic mass is 10.1. The van der Waals surface area contributed by atoms with Gasteiger partial charge in [0.25, 0.3) is 0 Å². The highest BCUT2D eigenvalue weighted by Crippen LogP contribution is 2.20. The molecule has 0 aliphatic heterocycles. The smallest absolute Gasteiger partial charge is 0.356 e. The summed E-state index contributed by atoms with van der Waals surface area (Å²) < 4.78 is 9.71. The normalized spacial score (nSPS) is 11.1. The highest BCUT2D eigenvalue weighted by atomic mass is 16.5. The molecule has 0 amide bonds. The van der Waals surface area contributed by atoms with Crippen LogP contribution in [0, 0.1) is 0 Å².